The summed E-state index contributed by atoms with van der Waals surface area (Å²) in [5.74, 6) is -0.608. The predicted molar refractivity (Wildman–Crippen MR) is 87.3 cm³/mol. The van der Waals surface area contributed by atoms with Crippen molar-refractivity contribution in [2.75, 3.05) is 5.32 Å². The molecular formula is C17H20N2O3S. The summed E-state index contributed by atoms with van der Waals surface area (Å²) < 4.78 is 5.64. The number of anilines is 1. The Morgan fingerprint density at radius 3 is 2.91 bits per heavy atom. The molecule has 1 saturated carbocycles. The minimum absolute atomic E-state index is 0.0417. The molecular weight excluding hydrogens is 312 g/mol. The number of carbonyl (C=O) groups excluding carboxylic acids is 2. The molecule has 1 amide bonds. The van der Waals surface area contributed by atoms with E-state index in [1.165, 1.54) is 28.9 Å². The largest absolute Gasteiger partial charge is 0.496 e. The van der Waals surface area contributed by atoms with Crippen LogP contribution in [0.1, 0.15) is 49.1 Å². The molecule has 2 heterocycles. The minimum atomic E-state index is -0.384. The van der Waals surface area contributed by atoms with E-state index in [1.807, 2.05) is 0 Å². The number of amides is 1. The van der Waals surface area contributed by atoms with Gasteiger partial charge in [0.2, 0.25) is 0 Å². The summed E-state index contributed by atoms with van der Waals surface area (Å²) in [5.41, 5.74) is 1.24. The molecule has 1 aliphatic heterocycles. The van der Waals surface area contributed by atoms with Gasteiger partial charge in [-0.2, -0.15) is 0 Å². The van der Waals surface area contributed by atoms with Crippen LogP contribution >= 0.6 is 11.3 Å². The van der Waals surface area contributed by atoms with E-state index in [4.69, 9.17) is 4.74 Å². The van der Waals surface area contributed by atoms with E-state index in [0.717, 1.165) is 50.6 Å². The van der Waals surface area contributed by atoms with Gasteiger partial charge >= 0.3 is 0 Å². The van der Waals surface area contributed by atoms with E-state index in [9.17, 15) is 9.59 Å². The number of aryl methyl sites for hydroxylation is 2. The second-order valence-electron chi connectivity index (χ2n) is 6.51. The zero-order valence-corrected chi connectivity index (χ0v) is 13.8. The number of rotatable bonds is 2. The van der Waals surface area contributed by atoms with Crippen molar-refractivity contribution in [1.82, 2.24) is 4.98 Å². The Kier molecular flexibility index (Phi) is 3.93. The molecule has 6 heteroatoms. The number of ketones is 1. The molecule has 5 nitrogen and oxygen atoms in total. The van der Waals surface area contributed by atoms with Crippen molar-refractivity contribution in [2.24, 2.45) is 5.92 Å². The van der Waals surface area contributed by atoms with Gasteiger partial charge in [-0.1, -0.05) is 6.42 Å². The Hall–Kier alpha value is -1.69. The molecule has 122 valence electrons. The van der Waals surface area contributed by atoms with Gasteiger partial charge in [0.25, 0.3) is 5.91 Å². The molecule has 1 aromatic rings. The number of hydrogen-bond donors (Lipinski definition) is 1. The average Bonchev–Trinajstić information content (AvgIpc) is 2.97. The van der Waals surface area contributed by atoms with Gasteiger partial charge in [-0.3, -0.25) is 14.9 Å². The van der Waals surface area contributed by atoms with Crippen molar-refractivity contribution < 1.29 is 14.3 Å². The van der Waals surface area contributed by atoms with Crippen LogP contribution in [0.5, 0.6) is 0 Å². The highest BCUT2D eigenvalue weighted by Gasteiger charge is 2.39. The lowest BCUT2D eigenvalue weighted by molar-refractivity contribution is -0.129. The van der Waals surface area contributed by atoms with E-state index < -0.39 is 0 Å². The lowest BCUT2D eigenvalue weighted by Crippen LogP contribution is -2.39. The third kappa shape index (κ3) is 2.80. The maximum Gasteiger partial charge on any atom is 0.264 e. The quantitative estimate of drug-likeness (QED) is 0.845. The maximum absolute atomic E-state index is 12.6. The highest BCUT2D eigenvalue weighted by Crippen LogP contribution is 2.34. The van der Waals surface area contributed by atoms with Crippen LogP contribution in [-0.4, -0.2) is 22.8 Å². The molecule has 0 radical (unpaired) electrons. The minimum Gasteiger partial charge on any atom is -0.496 e. The Morgan fingerprint density at radius 2 is 2.04 bits per heavy atom. The van der Waals surface area contributed by atoms with Gasteiger partial charge in [0.05, 0.1) is 17.9 Å². The standard InChI is InChI=1S/C17H20N2O3S/c20-15-10-5-1-3-7-13(10)22-9-11(15)16(21)19-17-18-12-6-2-4-8-14(12)23-17/h9-10,13H,1-8H2,(H,18,19,21). The van der Waals surface area contributed by atoms with Gasteiger partial charge in [0, 0.05) is 4.88 Å². The van der Waals surface area contributed by atoms with Crippen LogP contribution in [0.4, 0.5) is 5.13 Å². The second kappa shape index (κ2) is 6.07. The first-order chi connectivity index (χ1) is 11.2. The first-order valence-corrected chi connectivity index (χ1v) is 9.24. The fourth-order valence-corrected chi connectivity index (χ4v) is 4.75. The van der Waals surface area contributed by atoms with Gasteiger partial charge in [-0.05, 0) is 44.9 Å². The zero-order chi connectivity index (χ0) is 15.8. The van der Waals surface area contributed by atoms with Crippen molar-refractivity contribution in [2.45, 2.75) is 57.5 Å². The number of aromatic nitrogens is 1. The predicted octanol–water partition coefficient (Wildman–Crippen LogP) is 3.00. The molecule has 0 spiro atoms. The molecule has 1 fully saturated rings. The average molecular weight is 332 g/mol. The molecule has 2 atom stereocenters. The number of ether oxygens (including phenoxy) is 1. The smallest absolute Gasteiger partial charge is 0.264 e. The Bertz CT molecular complexity index is 656. The third-order valence-electron chi connectivity index (χ3n) is 4.98. The Balaban J connectivity index is 1.49. The monoisotopic (exact) mass is 332 g/mol. The summed E-state index contributed by atoms with van der Waals surface area (Å²) in [6, 6.07) is 0. The summed E-state index contributed by atoms with van der Waals surface area (Å²) in [7, 11) is 0. The number of fused-ring (bicyclic) bond motifs is 2. The summed E-state index contributed by atoms with van der Waals surface area (Å²) in [6.45, 7) is 0. The third-order valence-corrected chi connectivity index (χ3v) is 6.05. The fourth-order valence-electron chi connectivity index (χ4n) is 3.71. The Labute approximate surface area is 139 Å². The van der Waals surface area contributed by atoms with Crippen LogP contribution < -0.4 is 5.32 Å². The van der Waals surface area contributed by atoms with E-state index in [2.05, 4.69) is 10.3 Å². The molecule has 0 saturated heterocycles. The molecule has 1 aromatic heterocycles. The zero-order valence-electron chi connectivity index (χ0n) is 13.0. The molecule has 2 unspecified atom stereocenters. The molecule has 0 bridgehead atoms. The van der Waals surface area contributed by atoms with Crippen molar-refractivity contribution in [1.29, 1.82) is 0 Å². The molecule has 3 aliphatic rings. The summed E-state index contributed by atoms with van der Waals surface area (Å²) >= 11 is 1.53. The molecule has 0 aromatic carbocycles. The molecule has 23 heavy (non-hydrogen) atoms. The van der Waals surface area contributed by atoms with Gasteiger partial charge in [-0.15, -0.1) is 11.3 Å². The van der Waals surface area contributed by atoms with Crippen molar-refractivity contribution in [3.8, 4) is 0 Å². The molecule has 4 rings (SSSR count). The van der Waals surface area contributed by atoms with Crippen LogP contribution in [0.15, 0.2) is 11.8 Å². The van der Waals surface area contributed by atoms with Crippen LogP contribution in [0, 0.1) is 5.92 Å². The molecule has 1 N–H and O–H groups in total. The van der Waals surface area contributed by atoms with Crippen LogP contribution in [0.2, 0.25) is 0 Å². The topological polar surface area (TPSA) is 68.3 Å². The van der Waals surface area contributed by atoms with E-state index in [0.29, 0.717) is 5.13 Å². The van der Waals surface area contributed by atoms with E-state index in [1.54, 1.807) is 0 Å². The van der Waals surface area contributed by atoms with E-state index >= 15 is 0 Å². The fraction of sp³-hybridized carbons (Fsp3) is 0.588. The van der Waals surface area contributed by atoms with Crippen molar-refractivity contribution in [3.63, 3.8) is 0 Å². The van der Waals surface area contributed by atoms with Crippen LogP contribution in [-0.2, 0) is 27.2 Å². The maximum atomic E-state index is 12.6. The van der Waals surface area contributed by atoms with Crippen LogP contribution in [0.3, 0.4) is 0 Å². The normalized spacial score (nSPS) is 26.6. The van der Waals surface area contributed by atoms with E-state index in [-0.39, 0.29) is 29.3 Å². The SMILES string of the molecule is O=C(Nc1nc2c(s1)CCCC2)C1=COC2CCCCC2C1=O. The lowest BCUT2D eigenvalue weighted by Gasteiger charge is -2.33. The highest BCUT2D eigenvalue weighted by molar-refractivity contribution is 7.15. The molecule has 2 aliphatic carbocycles. The first-order valence-electron chi connectivity index (χ1n) is 8.42. The van der Waals surface area contributed by atoms with Crippen molar-refractivity contribution >= 4 is 28.2 Å². The van der Waals surface area contributed by atoms with Gasteiger partial charge in [-0.25, -0.2) is 4.98 Å². The number of Topliss-reactive ketones (excluding diaryl/α,β-unsaturated/α-hetero) is 1. The number of thiazole rings is 1. The van der Waals surface area contributed by atoms with Gasteiger partial charge < -0.3 is 4.74 Å². The number of carbonyl (C=O) groups is 2. The highest BCUT2D eigenvalue weighted by atomic mass is 32.1. The summed E-state index contributed by atoms with van der Waals surface area (Å²) in [4.78, 5) is 30.8. The summed E-state index contributed by atoms with van der Waals surface area (Å²) in [6.07, 6.45) is 9.53. The number of hydrogen-bond acceptors (Lipinski definition) is 5. The lowest BCUT2D eigenvalue weighted by atomic mass is 9.80. The number of nitrogens with one attached hydrogen (secondary N) is 1. The van der Waals surface area contributed by atoms with Gasteiger partial charge in [0.15, 0.2) is 10.9 Å². The van der Waals surface area contributed by atoms with Crippen molar-refractivity contribution in [3.05, 3.63) is 22.4 Å². The Morgan fingerprint density at radius 1 is 1.22 bits per heavy atom. The van der Waals surface area contributed by atoms with Gasteiger partial charge in [0.1, 0.15) is 11.7 Å². The van der Waals surface area contributed by atoms with Crippen LogP contribution in [0.25, 0.3) is 0 Å². The first kappa shape index (κ1) is 14.9. The summed E-state index contributed by atoms with van der Waals surface area (Å²) in [5, 5.41) is 3.39. The number of nitrogens with zero attached hydrogens (tertiary/aromatic N) is 1. The second-order valence-corrected chi connectivity index (χ2v) is 7.60.